The van der Waals surface area contributed by atoms with Crippen LogP contribution in [0.15, 0.2) is 6.20 Å². The molecule has 1 aromatic rings. The Morgan fingerprint density at radius 2 is 2.35 bits per heavy atom. The van der Waals surface area contributed by atoms with Crippen LogP contribution in [0.2, 0.25) is 0 Å². The minimum absolute atomic E-state index is 0.0175. The van der Waals surface area contributed by atoms with Gasteiger partial charge in [-0.05, 0) is 19.9 Å². The van der Waals surface area contributed by atoms with E-state index in [1.54, 1.807) is 0 Å². The molecule has 0 aliphatic rings. The average molecular weight is 239 g/mol. The van der Waals surface area contributed by atoms with E-state index in [0.29, 0.717) is 6.42 Å². The van der Waals surface area contributed by atoms with Crippen LogP contribution >= 0.6 is 0 Å². The number of nitrogens with zero attached hydrogens (tertiary/aromatic N) is 2. The predicted octanol–water partition coefficient (Wildman–Crippen LogP) is 1.33. The fourth-order valence-corrected chi connectivity index (χ4v) is 1.72. The van der Waals surface area contributed by atoms with Crippen molar-refractivity contribution in [1.29, 1.82) is 0 Å². The highest BCUT2D eigenvalue weighted by Crippen LogP contribution is 2.20. The first-order valence-corrected chi connectivity index (χ1v) is 5.88. The number of hydrogen-bond donors (Lipinski definition) is 1. The number of carbonyl (C=O) groups is 1. The third-order valence-corrected chi connectivity index (χ3v) is 2.89. The van der Waals surface area contributed by atoms with Crippen LogP contribution in [0, 0.1) is 6.92 Å². The quantitative estimate of drug-likeness (QED) is 0.761. The third kappa shape index (κ3) is 3.56. The van der Waals surface area contributed by atoms with Crippen LogP contribution in [-0.2, 0) is 16.6 Å². The molecule has 1 N–H and O–H groups in total. The van der Waals surface area contributed by atoms with Crippen molar-refractivity contribution in [2.24, 2.45) is 7.05 Å². The molecule has 0 bridgehead atoms. The van der Waals surface area contributed by atoms with Crippen LogP contribution in [0.3, 0.4) is 0 Å². The van der Waals surface area contributed by atoms with Gasteiger partial charge in [0.25, 0.3) is 0 Å². The van der Waals surface area contributed by atoms with Crippen molar-refractivity contribution >= 4 is 5.97 Å². The second-order valence-electron chi connectivity index (χ2n) is 4.10. The van der Waals surface area contributed by atoms with Crippen molar-refractivity contribution in [3.05, 3.63) is 17.5 Å². The summed E-state index contributed by atoms with van der Waals surface area (Å²) in [6, 6.07) is -0.0175. The molecule has 96 valence electrons. The molecule has 1 unspecified atom stereocenters. The second kappa shape index (κ2) is 6.39. The van der Waals surface area contributed by atoms with E-state index < -0.39 is 0 Å². The SMILES string of the molecule is CCCNC(CC(=O)OC)c1cnn(C)c1C. The fraction of sp³-hybridized carbons (Fsp3) is 0.667. The van der Waals surface area contributed by atoms with Crippen molar-refractivity contribution in [2.75, 3.05) is 13.7 Å². The number of aryl methyl sites for hydroxylation is 1. The molecule has 1 rings (SSSR count). The number of rotatable bonds is 6. The molecule has 0 aliphatic carbocycles. The molecule has 0 saturated carbocycles. The molecule has 0 radical (unpaired) electrons. The Balaban J connectivity index is 2.81. The molecule has 1 aromatic heterocycles. The van der Waals surface area contributed by atoms with Crippen LogP contribution in [0.4, 0.5) is 0 Å². The van der Waals surface area contributed by atoms with E-state index in [-0.39, 0.29) is 12.0 Å². The molecule has 0 aliphatic heterocycles. The molecule has 0 amide bonds. The maximum atomic E-state index is 11.4. The van der Waals surface area contributed by atoms with Gasteiger partial charge in [0.15, 0.2) is 0 Å². The fourth-order valence-electron chi connectivity index (χ4n) is 1.72. The smallest absolute Gasteiger partial charge is 0.307 e. The van der Waals surface area contributed by atoms with Gasteiger partial charge >= 0.3 is 5.97 Å². The van der Waals surface area contributed by atoms with Gasteiger partial charge in [0.05, 0.1) is 19.7 Å². The lowest BCUT2D eigenvalue weighted by Crippen LogP contribution is -2.25. The minimum Gasteiger partial charge on any atom is -0.469 e. The molecular weight excluding hydrogens is 218 g/mol. The van der Waals surface area contributed by atoms with Gasteiger partial charge in [-0.1, -0.05) is 6.92 Å². The zero-order valence-electron chi connectivity index (χ0n) is 11.0. The minimum atomic E-state index is -0.207. The van der Waals surface area contributed by atoms with Gasteiger partial charge < -0.3 is 10.1 Å². The van der Waals surface area contributed by atoms with Crippen LogP contribution in [0.1, 0.15) is 37.1 Å². The Kier molecular flexibility index (Phi) is 5.15. The summed E-state index contributed by atoms with van der Waals surface area (Å²) in [6.45, 7) is 4.97. The Bertz CT molecular complexity index is 374. The Morgan fingerprint density at radius 3 is 2.82 bits per heavy atom. The van der Waals surface area contributed by atoms with E-state index in [9.17, 15) is 4.79 Å². The first-order valence-electron chi connectivity index (χ1n) is 5.88. The van der Waals surface area contributed by atoms with Gasteiger partial charge in [-0.25, -0.2) is 0 Å². The number of carbonyl (C=O) groups excluding carboxylic acids is 1. The maximum Gasteiger partial charge on any atom is 0.307 e. The van der Waals surface area contributed by atoms with Crippen molar-refractivity contribution in [2.45, 2.75) is 32.7 Å². The van der Waals surface area contributed by atoms with Crippen molar-refractivity contribution < 1.29 is 9.53 Å². The second-order valence-corrected chi connectivity index (χ2v) is 4.10. The topological polar surface area (TPSA) is 56.1 Å². The summed E-state index contributed by atoms with van der Waals surface area (Å²) >= 11 is 0. The molecule has 17 heavy (non-hydrogen) atoms. The normalized spacial score (nSPS) is 12.5. The summed E-state index contributed by atoms with van der Waals surface area (Å²) in [5, 5.41) is 7.55. The summed E-state index contributed by atoms with van der Waals surface area (Å²) in [4.78, 5) is 11.4. The highest BCUT2D eigenvalue weighted by atomic mass is 16.5. The number of ether oxygens (including phenoxy) is 1. The highest BCUT2D eigenvalue weighted by molar-refractivity contribution is 5.70. The third-order valence-electron chi connectivity index (χ3n) is 2.89. The molecule has 0 fully saturated rings. The zero-order chi connectivity index (χ0) is 12.8. The van der Waals surface area contributed by atoms with Gasteiger partial charge in [-0.2, -0.15) is 5.10 Å². The summed E-state index contributed by atoms with van der Waals surface area (Å²) in [6.07, 6.45) is 3.17. The van der Waals surface area contributed by atoms with Crippen LogP contribution in [0.5, 0.6) is 0 Å². The van der Waals surface area contributed by atoms with Crippen molar-refractivity contribution in [3.63, 3.8) is 0 Å². The van der Waals surface area contributed by atoms with Gasteiger partial charge in [0.2, 0.25) is 0 Å². The van der Waals surface area contributed by atoms with Gasteiger partial charge in [-0.15, -0.1) is 0 Å². The summed E-state index contributed by atoms with van der Waals surface area (Å²) in [7, 11) is 3.31. The molecule has 1 heterocycles. The number of hydrogen-bond acceptors (Lipinski definition) is 4. The summed E-state index contributed by atoms with van der Waals surface area (Å²) < 4.78 is 6.54. The van der Waals surface area contributed by atoms with Gasteiger partial charge in [-0.3, -0.25) is 9.48 Å². The lowest BCUT2D eigenvalue weighted by molar-refractivity contribution is -0.141. The Hall–Kier alpha value is -1.36. The zero-order valence-corrected chi connectivity index (χ0v) is 11.0. The van der Waals surface area contributed by atoms with Gasteiger partial charge in [0, 0.05) is 24.3 Å². The van der Waals surface area contributed by atoms with E-state index in [1.807, 2.05) is 24.9 Å². The van der Waals surface area contributed by atoms with E-state index in [1.165, 1.54) is 7.11 Å². The molecule has 0 aromatic carbocycles. The predicted molar refractivity (Wildman–Crippen MR) is 65.6 cm³/mol. The van der Waals surface area contributed by atoms with Crippen LogP contribution < -0.4 is 5.32 Å². The Morgan fingerprint density at radius 1 is 1.65 bits per heavy atom. The standard InChI is InChI=1S/C12H21N3O2/c1-5-6-13-11(7-12(16)17-4)10-8-14-15(3)9(10)2/h8,11,13H,5-7H2,1-4H3. The monoisotopic (exact) mass is 239 g/mol. The molecule has 1 atom stereocenters. The lowest BCUT2D eigenvalue weighted by atomic mass is 10.0. The number of aromatic nitrogens is 2. The highest BCUT2D eigenvalue weighted by Gasteiger charge is 2.19. The molecular formula is C12H21N3O2. The lowest BCUT2D eigenvalue weighted by Gasteiger charge is -2.17. The van der Waals surface area contributed by atoms with E-state index in [2.05, 4.69) is 17.3 Å². The Labute approximate surface area is 102 Å². The number of methoxy groups -OCH3 is 1. The largest absolute Gasteiger partial charge is 0.469 e. The molecule has 0 saturated heterocycles. The average Bonchev–Trinajstić information content (AvgIpc) is 2.65. The van der Waals surface area contributed by atoms with Crippen molar-refractivity contribution in [1.82, 2.24) is 15.1 Å². The van der Waals surface area contributed by atoms with E-state index in [4.69, 9.17) is 4.74 Å². The van der Waals surface area contributed by atoms with Crippen LogP contribution in [-0.4, -0.2) is 29.4 Å². The number of nitrogens with one attached hydrogen (secondary N) is 1. The molecule has 5 nitrogen and oxygen atoms in total. The van der Waals surface area contributed by atoms with E-state index >= 15 is 0 Å². The maximum absolute atomic E-state index is 11.4. The summed E-state index contributed by atoms with van der Waals surface area (Å²) in [5.74, 6) is -0.207. The summed E-state index contributed by atoms with van der Waals surface area (Å²) in [5.41, 5.74) is 2.13. The molecule has 5 heteroatoms. The number of esters is 1. The van der Waals surface area contributed by atoms with E-state index in [0.717, 1.165) is 24.2 Å². The first-order chi connectivity index (χ1) is 8.10. The molecule has 0 spiro atoms. The van der Waals surface area contributed by atoms with Crippen LogP contribution in [0.25, 0.3) is 0 Å². The van der Waals surface area contributed by atoms with Crippen molar-refractivity contribution in [3.8, 4) is 0 Å². The van der Waals surface area contributed by atoms with Gasteiger partial charge in [0.1, 0.15) is 0 Å². The first kappa shape index (κ1) is 13.7.